The summed E-state index contributed by atoms with van der Waals surface area (Å²) in [5, 5.41) is 11.7. The van der Waals surface area contributed by atoms with E-state index in [0.717, 1.165) is 27.6 Å². The first-order valence-corrected chi connectivity index (χ1v) is 7.79. The van der Waals surface area contributed by atoms with Crippen molar-refractivity contribution < 1.29 is 5.11 Å². The average Bonchev–Trinajstić information content (AvgIpc) is 2.62. The van der Waals surface area contributed by atoms with Gasteiger partial charge in [0, 0.05) is 22.4 Å². The molecule has 1 aliphatic carbocycles. The lowest BCUT2D eigenvalue weighted by molar-refractivity contribution is 0.131. The average molecular weight is 303 g/mol. The topological polar surface area (TPSA) is 53.1 Å². The number of benzene rings is 2. The predicted octanol–water partition coefficient (Wildman–Crippen LogP) is 3.45. The van der Waals surface area contributed by atoms with Crippen LogP contribution in [0.3, 0.4) is 0 Å². The molecular weight excluding hydrogens is 286 g/mol. The van der Waals surface area contributed by atoms with Crippen LogP contribution in [0.4, 0.5) is 0 Å². The minimum atomic E-state index is -0.605. The Balaban J connectivity index is 1.77. The third-order valence-electron chi connectivity index (χ3n) is 4.56. The maximum atomic E-state index is 12.4. The monoisotopic (exact) mass is 303 g/mol. The summed E-state index contributed by atoms with van der Waals surface area (Å²) in [7, 11) is 0. The van der Waals surface area contributed by atoms with Gasteiger partial charge in [0.15, 0.2) is 0 Å². The number of rotatable bonds is 2. The molecule has 1 aromatic heterocycles. The fraction of sp³-hybridized carbons (Fsp3) is 0.150. The van der Waals surface area contributed by atoms with Crippen LogP contribution >= 0.6 is 0 Å². The van der Waals surface area contributed by atoms with Gasteiger partial charge < -0.3 is 10.1 Å². The van der Waals surface area contributed by atoms with Gasteiger partial charge in [0.05, 0.1) is 6.10 Å². The van der Waals surface area contributed by atoms with Gasteiger partial charge in [-0.05, 0) is 23.6 Å². The highest BCUT2D eigenvalue weighted by molar-refractivity contribution is 5.89. The van der Waals surface area contributed by atoms with Crippen LogP contribution in [-0.2, 0) is 6.42 Å². The van der Waals surface area contributed by atoms with Gasteiger partial charge >= 0.3 is 0 Å². The van der Waals surface area contributed by atoms with Crippen LogP contribution in [0.15, 0.2) is 65.5 Å². The van der Waals surface area contributed by atoms with Crippen LogP contribution in [0.2, 0.25) is 0 Å². The molecule has 0 spiro atoms. The summed E-state index contributed by atoms with van der Waals surface area (Å²) in [6, 6.07) is 17.4. The van der Waals surface area contributed by atoms with Crippen molar-refractivity contribution in [1.29, 1.82) is 0 Å². The molecule has 4 rings (SSSR count). The summed E-state index contributed by atoms with van der Waals surface area (Å²) in [4.78, 5) is 15.4. The van der Waals surface area contributed by atoms with E-state index >= 15 is 0 Å². The number of nitrogens with one attached hydrogen (secondary N) is 1. The summed E-state index contributed by atoms with van der Waals surface area (Å²) in [5.41, 5.74) is 3.39. The zero-order valence-electron chi connectivity index (χ0n) is 12.6. The Morgan fingerprint density at radius 3 is 2.61 bits per heavy atom. The first kappa shape index (κ1) is 14.0. The maximum absolute atomic E-state index is 12.4. The number of hydrogen-bond acceptors (Lipinski definition) is 2. The van der Waals surface area contributed by atoms with E-state index in [1.54, 1.807) is 0 Å². The molecule has 0 aliphatic heterocycles. The molecule has 23 heavy (non-hydrogen) atoms. The Morgan fingerprint density at radius 2 is 1.78 bits per heavy atom. The van der Waals surface area contributed by atoms with Crippen LogP contribution < -0.4 is 5.56 Å². The highest BCUT2D eigenvalue weighted by atomic mass is 16.3. The molecule has 1 aliphatic rings. The number of pyridine rings is 1. The Kier molecular flexibility index (Phi) is 3.36. The highest BCUT2D eigenvalue weighted by Gasteiger charge is 2.25. The van der Waals surface area contributed by atoms with Crippen molar-refractivity contribution in [2.75, 3.05) is 0 Å². The molecule has 3 aromatic rings. The molecule has 1 heterocycles. The fourth-order valence-electron chi connectivity index (χ4n) is 3.34. The van der Waals surface area contributed by atoms with Crippen molar-refractivity contribution in [1.82, 2.24) is 4.98 Å². The third-order valence-corrected chi connectivity index (χ3v) is 4.56. The number of aromatic nitrogens is 1. The second-order valence-electron chi connectivity index (χ2n) is 5.97. The van der Waals surface area contributed by atoms with Gasteiger partial charge in [-0.3, -0.25) is 4.79 Å². The molecule has 0 bridgehead atoms. The van der Waals surface area contributed by atoms with Gasteiger partial charge in [0.1, 0.15) is 0 Å². The molecule has 0 saturated heterocycles. The molecule has 0 unspecified atom stereocenters. The smallest absolute Gasteiger partial charge is 0.252 e. The van der Waals surface area contributed by atoms with Crippen LogP contribution in [0.5, 0.6) is 0 Å². The zero-order valence-corrected chi connectivity index (χ0v) is 12.6. The second kappa shape index (κ2) is 5.52. The summed E-state index contributed by atoms with van der Waals surface area (Å²) < 4.78 is 0. The fourth-order valence-corrected chi connectivity index (χ4v) is 3.34. The molecule has 0 fully saturated rings. The lowest BCUT2D eigenvalue weighted by Crippen LogP contribution is -2.23. The van der Waals surface area contributed by atoms with E-state index in [4.69, 9.17) is 0 Å². The SMILES string of the molecule is O=c1[nH]c2ccccc2c2c1C[C@@H]([C@H](O)c1ccccc1)C=C2. The van der Waals surface area contributed by atoms with Crippen LogP contribution in [0.25, 0.3) is 17.0 Å². The Morgan fingerprint density at radius 1 is 1.04 bits per heavy atom. The number of hydrogen-bond donors (Lipinski definition) is 2. The molecule has 3 nitrogen and oxygen atoms in total. The zero-order chi connectivity index (χ0) is 15.8. The number of aliphatic hydroxyl groups excluding tert-OH is 1. The van der Waals surface area contributed by atoms with Crippen molar-refractivity contribution in [2.45, 2.75) is 12.5 Å². The van der Waals surface area contributed by atoms with E-state index in [-0.39, 0.29) is 11.5 Å². The highest BCUT2D eigenvalue weighted by Crippen LogP contribution is 2.32. The van der Waals surface area contributed by atoms with Gasteiger partial charge in [-0.1, -0.05) is 60.7 Å². The van der Waals surface area contributed by atoms with E-state index < -0.39 is 6.10 Å². The van der Waals surface area contributed by atoms with Crippen molar-refractivity contribution in [3.8, 4) is 0 Å². The molecule has 114 valence electrons. The van der Waals surface area contributed by atoms with E-state index in [1.165, 1.54) is 0 Å². The van der Waals surface area contributed by atoms with Crippen LogP contribution in [0.1, 0.15) is 22.8 Å². The molecule has 2 aromatic carbocycles. The first-order valence-electron chi connectivity index (χ1n) is 7.79. The van der Waals surface area contributed by atoms with Crippen molar-refractivity contribution >= 4 is 17.0 Å². The Hall–Kier alpha value is -2.65. The van der Waals surface area contributed by atoms with E-state index in [1.807, 2.05) is 66.7 Å². The minimum absolute atomic E-state index is 0.0617. The molecular formula is C20H17NO2. The Bertz CT molecular complexity index is 941. The van der Waals surface area contributed by atoms with Gasteiger partial charge in [-0.2, -0.15) is 0 Å². The largest absolute Gasteiger partial charge is 0.388 e. The molecule has 0 saturated carbocycles. The van der Waals surface area contributed by atoms with Crippen LogP contribution in [-0.4, -0.2) is 10.1 Å². The van der Waals surface area contributed by atoms with E-state index in [0.29, 0.717) is 6.42 Å². The lowest BCUT2D eigenvalue weighted by Gasteiger charge is -2.24. The first-order chi connectivity index (χ1) is 11.2. The second-order valence-corrected chi connectivity index (χ2v) is 5.97. The third kappa shape index (κ3) is 2.39. The molecule has 0 amide bonds. The number of H-pyrrole nitrogens is 1. The molecule has 2 N–H and O–H groups in total. The quantitative estimate of drug-likeness (QED) is 0.762. The number of para-hydroxylation sites is 1. The number of aromatic amines is 1. The van der Waals surface area contributed by atoms with Crippen LogP contribution in [0, 0.1) is 5.92 Å². The minimum Gasteiger partial charge on any atom is -0.388 e. The standard InChI is InChI=1S/C20H17NO2/c22-19(13-6-2-1-3-7-13)14-10-11-15-16-8-4-5-9-18(16)21-20(23)17(15)12-14/h1-11,14,19,22H,12H2,(H,21,23)/t14-,19+/m0/s1. The number of aliphatic hydroxyl groups is 1. The van der Waals surface area contributed by atoms with Gasteiger partial charge in [0.25, 0.3) is 5.56 Å². The lowest BCUT2D eigenvalue weighted by atomic mass is 9.83. The van der Waals surface area contributed by atoms with Crippen molar-refractivity contribution in [3.63, 3.8) is 0 Å². The number of fused-ring (bicyclic) bond motifs is 3. The van der Waals surface area contributed by atoms with Gasteiger partial charge in [-0.25, -0.2) is 0 Å². The molecule has 2 atom stereocenters. The van der Waals surface area contributed by atoms with Gasteiger partial charge in [-0.15, -0.1) is 0 Å². The summed E-state index contributed by atoms with van der Waals surface area (Å²) in [6.45, 7) is 0. The van der Waals surface area contributed by atoms with E-state index in [2.05, 4.69) is 4.98 Å². The summed E-state index contributed by atoms with van der Waals surface area (Å²) >= 11 is 0. The Labute approximate surface area is 133 Å². The van der Waals surface area contributed by atoms with Crippen molar-refractivity contribution in [3.05, 3.63) is 87.7 Å². The maximum Gasteiger partial charge on any atom is 0.252 e. The molecule has 3 heteroatoms. The molecule has 0 radical (unpaired) electrons. The van der Waals surface area contributed by atoms with E-state index in [9.17, 15) is 9.90 Å². The summed E-state index contributed by atoms with van der Waals surface area (Å²) in [5.74, 6) is -0.0906. The van der Waals surface area contributed by atoms with Crippen molar-refractivity contribution in [2.24, 2.45) is 5.92 Å². The summed E-state index contributed by atoms with van der Waals surface area (Å²) in [6.07, 6.45) is 3.94. The predicted molar refractivity (Wildman–Crippen MR) is 92.2 cm³/mol. The van der Waals surface area contributed by atoms with Gasteiger partial charge in [0.2, 0.25) is 0 Å². The normalized spacial score (nSPS) is 17.9.